The molecular weight excluding hydrogens is 442 g/mol. The van der Waals surface area contributed by atoms with Crippen molar-refractivity contribution in [3.8, 4) is 0 Å². The highest BCUT2D eigenvalue weighted by molar-refractivity contribution is 7.90. The predicted molar refractivity (Wildman–Crippen MR) is 115 cm³/mol. The molecule has 1 aromatic carbocycles. The molecule has 2 N–H and O–H groups in total. The van der Waals surface area contributed by atoms with E-state index in [0.29, 0.717) is 40.1 Å². The van der Waals surface area contributed by atoms with Crippen molar-refractivity contribution < 1.29 is 18.6 Å². The lowest BCUT2D eigenvalue weighted by atomic mass is 10.2. The van der Waals surface area contributed by atoms with Gasteiger partial charge in [-0.1, -0.05) is 11.6 Å². The molecule has 3 aromatic heterocycles. The number of aliphatic hydroxyl groups excluding tert-OH is 2. The van der Waals surface area contributed by atoms with E-state index >= 15 is 0 Å². The molecule has 11 heteroatoms. The molecular formula is C20H20ClN5O4S. The molecule has 9 nitrogen and oxygen atoms in total. The van der Waals surface area contributed by atoms with Gasteiger partial charge in [0, 0.05) is 28.9 Å². The monoisotopic (exact) mass is 461 g/mol. The van der Waals surface area contributed by atoms with Gasteiger partial charge in [0.05, 0.1) is 41.5 Å². The summed E-state index contributed by atoms with van der Waals surface area (Å²) in [6.45, 7) is 0.187. The number of fused-ring (bicyclic) bond motifs is 2. The first-order valence-corrected chi connectivity index (χ1v) is 12.0. The van der Waals surface area contributed by atoms with Crippen LogP contribution < -0.4 is 0 Å². The molecule has 1 aliphatic rings. The molecule has 0 unspecified atom stereocenters. The second-order valence-electron chi connectivity index (χ2n) is 7.92. The fourth-order valence-corrected chi connectivity index (χ4v) is 5.32. The number of benzene rings is 1. The summed E-state index contributed by atoms with van der Waals surface area (Å²) in [6.07, 6.45) is 3.38. The maximum Gasteiger partial charge on any atom is 0.195 e. The number of sulfone groups is 1. The highest BCUT2D eigenvalue weighted by Gasteiger charge is 2.34. The number of aromatic nitrogens is 5. The van der Waals surface area contributed by atoms with Gasteiger partial charge in [-0.3, -0.25) is 9.67 Å². The maximum atomic E-state index is 12.3. The Morgan fingerprint density at radius 2 is 1.90 bits per heavy atom. The average molecular weight is 462 g/mol. The summed E-state index contributed by atoms with van der Waals surface area (Å²) in [5.41, 5.74) is 2.07. The molecule has 0 aliphatic heterocycles. The van der Waals surface area contributed by atoms with Gasteiger partial charge < -0.3 is 14.8 Å². The molecule has 1 aliphatic carbocycles. The minimum absolute atomic E-state index is 0.0117. The van der Waals surface area contributed by atoms with Crippen LogP contribution in [0, 0.1) is 0 Å². The van der Waals surface area contributed by atoms with Crippen molar-refractivity contribution in [2.75, 3.05) is 6.26 Å². The smallest absolute Gasteiger partial charge is 0.195 e. The van der Waals surface area contributed by atoms with Gasteiger partial charge in [0.1, 0.15) is 5.82 Å². The van der Waals surface area contributed by atoms with Gasteiger partial charge >= 0.3 is 0 Å². The summed E-state index contributed by atoms with van der Waals surface area (Å²) in [5.74, 6) is 0.622. The Morgan fingerprint density at radius 1 is 1.16 bits per heavy atom. The molecule has 0 saturated heterocycles. The SMILES string of the molecule is CS(=O)(=O)c1nn(Cc2nc3cc(Cl)ccc3n2C2C[C@@H](O)[C@H](O)C2)c2cnccc12. The van der Waals surface area contributed by atoms with Crippen LogP contribution in [-0.2, 0) is 16.4 Å². The molecule has 0 spiro atoms. The van der Waals surface area contributed by atoms with E-state index in [9.17, 15) is 18.6 Å². The Kier molecular flexibility index (Phi) is 4.78. The zero-order valence-corrected chi connectivity index (χ0v) is 18.1. The van der Waals surface area contributed by atoms with Gasteiger partial charge in [-0.15, -0.1) is 0 Å². The largest absolute Gasteiger partial charge is 0.390 e. The van der Waals surface area contributed by atoms with Crippen LogP contribution in [0.25, 0.3) is 21.9 Å². The number of aliphatic hydroxyl groups is 2. The summed E-state index contributed by atoms with van der Waals surface area (Å²) in [4.78, 5) is 8.84. The molecule has 0 bridgehead atoms. The second-order valence-corrected chi connectivity index (χ2v) is 10.3. The van der Waals surface area contributed by atoms with Crippen LogP contribution in [0.15, 0.2) is 41.7 Å². The fraction of sp³-hybridized carbons (Fsp3) is 0.350. The van der Waals surface area contributed by atoms with Crippen LogP contribution in [0.2, 0.25) is 5.02 Å². The topological polar surface area (TPSA) is 123 Å². The summed E-state index contributed by atoms with van der Waals surface area (Å²) >= 11 is 6.16. The number of halogens is 1. The van der Waals surface area contributed by atoms with Crippen molar-refractivity contribution in [1.29, 1.82) is 0 Å². The van der Waals surface area contributed by atoms with E-state index in [4.69, 9.17) is 16.6 Å². The minimum atomic E-state index is -3.54. The van der Waals surface area contributed by atoms with Crippen LogP contribution in [-0.4, -0.2) is 61.4 Å². The second kappa shape index (κ2) is 7.27. The third-order valence-electron chi connectivity index (χ3n) is 5.72. The number of hydrogen-bond acceptors (Lipinski definition) is 7. The predicted octanol–water partition coefficient (Wildman–Crippen LogP) is 1.94. The third kappa shape index (κ3) is 3.49. The minimum Gasteiger partial charge on any atom is -0.390 e. The molecule has 0 radical (unpaired) electrons. The summed E-state index contributed by atoms with van der Waals surface area (Å²) in [7, 11) is -3.54. The maximum absolute atomic E-state index is 12.3. The van der Waals surface area contributed by atoms with E-state index in [0.717, 1.165) is 11.8 Å². The summed E-state index contributed by atoms with van der Waals surface area (Å²) in [5, 5.41) is 25.6. The first-order chi connectivity index (χ1) is 14.7. The van der Waals surface area contributed by atoms with E-state index in [-0.39, 0.29) is 17.6 Å². The van der Waals surface area contributed by atoms with Gasteiger partial charge in [0.2, 0.25) is 0 Å². The van der Waals surface area contributed by atoms with Crippen LogP contribution in [0.5, 0.6) is 0 Å². The van der Waals surface area contributed by atoms with Gasteiger partial charge in [-0.05, 0) is 37.1 Å². The Bertz CT molecular complexity index is 1400. The number of pyridine rings is 1. The van der Waals surface area contributed by atoms with Crippen molar-refractivity contribution >= 4 is 43.4 Å². The van der Waals surface area contributed by atoms with E-state index in [2.05, 4.69) is 10.1 Å². The van der Waals surface area contributed by atoms with Gasteiger partial charge in [-0.25, -0.2) is 13.4 Å². The Balaban J connectivity index is 1.67. The van der Waals surface area contributed by atoms with Crippen LogP contribution in [0.3, 0.4) is 0 Å². The molecule has 3 heterocycles. The highest BCUT2D eigenvalue weighted by atomic mass is 35.5. The van der Waals surface area contributed by atoms with E-state index in [1.54, 1.807) is 29.1 Å². The molecule has 1 saturated carbocycles. The summed E-state index contributed by atoms with van der Waals surface area (Å²) in [6, 6.07) is 6.84. The van der Waals surface area contributed by atoms with Crippen molar-refractivity contribution in [3.63, 3.8) is 0 Å². The third-order valence-corrected chi connectivity index (χ3v) is 6.96. The van der Waals surface area contributed by atoms with E-state index in [1.807, 2.05) is 10.6 Å². The van der Waals surface area contributed by atoms with E-state index < -0.39 is 22.0 Å². The van der Waals surface area contributed by atoms with Crippen LogP contribution in [0.1, 0.15) is 24.7 Å². The van der Waals surface area contributed by atoms with Crippen molar-refractivity contribution in [1.82, 2.24) is 24.3 Å². The molecule has 2 atom stereocenters. The van der Waals surface area contributed by atoms with Crippen molar-refractivity contribution in [3.05, 3.63) is 47.5 Å². The van der Waals surface area contributed by atoms with Gasteiger partial charge in [0.15, 0.2) is 14.9 Å². The molecule has 1 fully saturated rings. The molecule has 162 valence electrons. The van der Waals surface area contributed by atoms with Gasteiger partial charge in [-0.2, -0.15) is 5.10 Å². The molecule has 5 rings (SSSR count). The summed E-state index contributed by atoms with van der Waals surface area (Å²) < 4.78 is 28.1. The molecule has 31 heavy (non-hydrogen) atoms. The van der Waals surface area contributed by atoms with Crippen LogP contribution in [0.4, 0.5) is 0 Å². The molecule has 0 amide bonds. The Morgan fingerprint density at radius 3 is 2.61 bits per heavy atom. The van der Waals surface area contributed by atoms with Gasteiger partial charge in [0.25, 0.3) is 0 Å². The zero-order valence-electron chi connectivity index (χ0n) is 16.6. The first-order valence-electron chi connectivity index (χ1n) is 9.75. The molecule has 4 aromatic rings. The van der Waals surface area contributed by atoms with E-state index in [1.165, 1.54) is 6.20 Å². The zero-order chi connectivity index (χ0) is 21.9. The number of imidazole rings is 1. The standard InChI is InChI=1S/C20H20ClN5O4S/c1-31(29,30)20-13-4-5-22-9-16(13)25(24-20)10-19-23-14-6-11(21)2-3-15(14)26(19)12-7-17(27)18(28)8-12/h2-6,9,12,17-18,27-28H,7-8,10H2,1H3/t17-,18-/m1/s1. The fourth-order valence-electron chi connectivity index (χ4n) is 4.34. The van der Waals surface area contributed by atoms with Crippen molar-refractivity contribution in [2.45, 2.75) is 42.7 Å². The number of rotatable bonds is 4. The number of hydrogen-bond donors (Lipinski definition) is 2. The lowest BCUT2D eigenvalue weighted by Crippen LogP contribution is -2.17. The lowest BCUT2D eigenvalue weighted by Gasteiger charge is -2.17. The average Bonchev–Trinajstić information content (AvgIpc) is 3.35. The Hall–Kier alpha value is -2.53. The Labute approximate surface area is 182 Å². The normalized spacial score (nSPS) is 20.3. The van der Waals surface area contributed by atoms with Crippen molar-refractivity contribution in [2.24, 2.45) is 0 Å². The first kappa shape index (κ1) is 20.4. The number of nitrogens with zero attached hydrogens (tertiary/aromatic N) is 5. The van der Waals surface area contributed by atoms with Crippen LogP contribution >= 0.6 is 11.6 Å². The quantitative estimate of drug-likeness (QED) is 0.476. The highest BCUT2D eigenvalue weighted by Crippen LogP contribution is 2.35. The lowest BCUT2D eigenvalue weighted by molar-refractivity contribution is 0.0438.